The average Bonchev–Trinajstić information content (AvgIpc) is 2.08. The van der Waals surface area contributed by atoms with Crippen molar-refractivity contribution in [1.29, 1.82) is 0 Å². The van der Waals surface area contributed by atoms with Crippen molar-refractivity contribution < 1.29 is 23.4 Å². The molecule has 66 valence electrons. The van der Waals surface area contributed by atoms with Gasteiger partial charge in [-0.2, -0.15) is 4.39 Å². The molecule has 0 unspecified atom stereocenters. The lowest BCUT2D eigenvalue weighted by atomic mass is 10.3. The van der Waals surface area contributed by atoms with Crippen molar-refractivity contribution in [2.45, 2.75) is 0 Å². The lowest BCUT2D eigenvalue weighted by molar-refractivity contribution is 0.346. The molecule has 0 radical (unpaired) electrons. The van der Waals surface area contributed by atoms with E-state index in [0.29, 0.717) is 0 Å². The predicted molar refractivity (Wildman–Crippen MR) is 37.3 cm³/mol. The molecule has 2 N–H and O–H groups in total. The van der Waals surface area contributed by atoms with Gasteiger partial charge in [-0.05, 0) is 15.9 Å². The summed E-state index contributed by atoms with van der Waals surface area (Å²) in [7, 11) is 0. The molecule has 0 bridgehead atoms. The normalized spacial score (nSPS) is 10.3. The van der Waals surface area contributed by atoms with Gasteiger partial charge in [-0.15, -0.1) is 0 Å². The lowest BCUT2D eigenvalue weighted by Crippen LogP contribution is -1.92. The zero-order chi connectivity index (χ0) is 9.46. The van der Waals surface area contributed by atoms with Crippen LogP contribution < -0.4 is 0 Å². The Labute approximate surface area is 73.4 Å². The Balaban J connectivity index is 3.60. The number of rotatable bonds is 0. The molecule has 0 heterocycles. The van der Waals surface area contributed by atoms with Gasteiger partial charge in [0.1, 0.15) is 4.47 Å². The Morgan fingerprint density at radius 2 is 1.33 bits per heavy atom. The second kappa shape index (κ2) is 2.85. The Morgan fingerprint density at radius 3 is 1.83 bits per heavy atom. The average molecular weight is 243 g/mol. The Bertz CT molecular complexity index is 235. The summed E-state index contributed by atoms with van der Waals surface area (Å²) in [5.74, 6) is -7.61. The first-order chi connectivity index (χ1) is 5.46. The zero-order valence-corrected chi connectivity index (χ0v) is 6.99. The van der Waals surface area contributed by atoms with Crippen LogP contribution in [-0.2, 0) is 0 Å². The maximum Gasteiger partial charge on any atom is 0.207 e. The van der Waals surface area contributed by atoms with Gasteiger partial charge in [0.15, 0.2) is 23.1 Å². The van der Waals surface area contributed by atoms with Crippen LogP contribution in [0.4, 0.5) is 13.2 Å². The van der Waals surface area contributed by atoms with E-state index in [2.05, 4.69) is 15.9 Å². The summed E-state index contributed by atoms with van der Waals surface area (Å²) in [6.07, 6.45) is 0. The van der Waals surface area contributed by atoms with E-state index in [1.807, 2.05) is 0 Å². The smallest absolute Gasteiger partial charge is 0.207 e. The molecule has 0 spiro atoms. The number of phenolic OH excluding ortho intramolecular Hbond substituents is 2. The quantitative estimate of drug-likeness (QED) is 0.417. The van der Waals surface area contributed by atoms with E-state index in [1.54, 1.807) is 0 Å². The molecule has 0 atom stereocenters. The van der Waals surface area contributed by atoms with Gasteiger partial charge >= 0.3 is 0 Å². The van der Waals surface area contributed by atoms with Crippen LogP contribution in [0, 0.1) is 17.5 Å². The van der Waals surface area contributed by atoms with E-state index in [-0.39, 0.29) is 0 Å². The first kappa shape index (κ1) is 9.18. The maximum absolute atomic E-state index is 12.5. The second-order valence-electron chi connectivity index (χ2n) is 1.95. The lowest BCUT2D eigenvalue weighted by Gasteiger charge is -2.03. The third kappa shape index (κ3) is 1.12. The summed E-state index contributed by atoms with van der Waals surface area (Å²) < 4.78 is 36.6. The summed E-state index contributed by atoms with van der Waals surface area (Å²) in [5.41, 5.74) is 0. The minimum Gasteiger partial charge on any atom is -0.503 e. The second-order valence-corrected chi connectivity index (χ2v) is 2.75. The first-order valence-corrected chi connectivity index (χ1v) is 3.50. The molecule has 0 amide bonds. The van der Waals surface area contributed by atoms with Gasteiger partial charge in [0, 0.05) is 0 Å². The van der Waals surface area contributed by atoms with E-state index >= 15 is 0 Å². The van der Waals surface area contributed by atoms with Gasteiger partial charge in [-0.3, -0.25) is 0 Å². The van der Waals surface area contributed by atoms with Crippen LogP contribution in [-0.4, -0.2) is 10.2 Å². The molecule has 0 aromatic heterocycles. The number of phenols is 2. The molecule has 0 saturated heterocycles. The standard InChI is InChI=1S/C6H2BrF3O2/c7-1-2(8)3(9)4(10)6(12)5(1)11/h11-12H. The molecular formula is C6H2BrF3O2. The summed E-state index contributed by atoms with van der Waals surface area (Å²) in [6, 6.07) is 0. The van der Waals surface area contributed by atoms with Crippen LogP contribution in [0.5, 0.6) is 11.5 Å². The monoisotopic (exact) mass is 242 g/mol. The van der Waals surface area contributed by atoms with Gasteiger partial charge in [0.2, 0.25) is 5.82 Å². The SMILES string of the molecule is Oc1c(O)c(Br)c(F)c(F)c1F. The predicted octanol–water partition coefficient (Wildman–Crippen LogP) is 2.28. The highest BCUT2D eigenvalue weighted by Gasteiger charge is 2.22. The highest BCUT2D eigenvalue weighted by molar-refractivity contribution is 9.10. The van der Waals surface area contributed by atoms with Crippen molar-refractivity contribution in [2.75, 3.05) is 0 Å². The fourth-order valence-electron chi connectivity index (χ4n) is 0.609. The van der Waals surface area contributed by atoms with Gasteiger partial charge in [0.25, 0.3) is 0 Å². The molecule has 2 nitrogen and oxygen atoms in total. The van der Waals surface area contributed by atoms with Gasteiger partial charge < -0.3 is 10.2 Å². The van der Waals surface area contributed by atoms with E-state index in [9.17, 15) is 13.2 Å². The van der Waals surface area contributed by atoms with Crippen molar-refractivity contribution in [3.63, 3.8) is 0 Å². The van der Waals surface area contributed by atoms with Crippen LogP contribution in [0.1, 0.15) is 0 Å². The van der Waals surface area contributed by atoms with Crippen molar-refractivity contribution in [3.05, 3.63) is 21.9 Å². The van der Waals surface area contributed by atoms with Crippen molar-refractivity contribution in [2.24, 2.45) is 0 Å². The largest absolute Gasteiger partial charge is 0.503 e. The number of benzene rings is 1. The summed E-state index contributed by atoms with van der Waals surface area (Å²) in [6.45, 7) is 0. The molecular weight excluding hydrogens is 241 g/mol. The molecule has 0 aliphatic rings. The minimum atomic E-state index is -1.84. The molecule has 6 heteroatoms. The highest BCUT2D eigenvalue weighted by Crippen LogP contribution is 2.38. The molecule has 1 aromatic carbocycles. The van der Waals surface area contributed by atoms with Crippen LogP contribution in [0.2, 0.25) is 0 Å². The van der Waals surface area contributed by atoms with E-state index < -0.39 is 33.4 Å². The third-order valence-electron chi connectivity index (χ3n) is 1.22. The van der Waals surface area contributed by atoms with Gasteiger partial charge in [-0.25, -0.2) is 8.78 Å². The Morgan fingerprint density at radius 1 is 0.833 bits per heavy atom. The molecule has 12 heavy (non-hydrogen) atoms. The van der Waals surface area contributed by atoms with Crippen molar-refractivity contribution >= 4 is 15.9 Å². The Hall–Kier alpha value is -0.910. The van der Waals surface area contributed by atoms with Crippen LogP contribution in [0.3, 0.4) is 0 Å². The third-order valence-corrected chi connectivity index (χ3v) is 1.94. The number of aromatic hydroxyl groups is 2. The van der Waals surface area contributed by atoms with Crippen molar-refractivity contribution in [1.82, 2.24) is 0 Å². The summed E-state index contributed by atoms with van der Waals surface area (Å²) in [4.78, 5) is 0. The van der Waals surface area contributed by atoms with E-state index in [1.165, 1.54) is 0 Å². The first-order valence-electron chi connectivity index (χ1n) is 2.70. The Kier molecular flexibility index (Phi) is 2.18. The van der Waals surface area contributed by atoms with E-state index in [0.717, 1.165) is 0 Å². The topological polar surface area (TPSA) is 40.5 Å². The summed E-state index contributed by atoms with van der Waals surface area (Å²) in [5, 5.41) is 17.4. The van der Waals surface area contributed by atoms with Crippen molar-refractivity contribution in [3.8, 4) is 11.5 Å². The summed E-state index contributed by atoms with van der Waals surface area (Å²) >= 11 is 2.42. The van der Waals surface area contributed by atoms with Crippen LogP contribution in [0.15, 0.2) is 4.47 Å². The van der Waals surface area contributed by atoms with E-state index in [4.69, 9.17) is 10.2 Å². The van der Waals surface area contributed by atoms with Gasteiger partial charge in [0.05, 0.1) is 0 Å². The molecule has 0 aliphatic heterocycles. The molecule has 0 fully saturated rings. The maximum atomic E-state index is 12.5. The molecule has 0 aliphatic carbocycles. The highest BCUT2D eigenvalue weighted by atomic mass is 79.9. The van der Waals surface area contributed by atoms with Gasteiger partial charge in [-0.1, -0.05) is 0 Å². The number of hydrogen-bond acceptors (Lipinski definition) is 2. The number of hydrogen-bond donors (Lipinski definition) is 2. The van der Waals surface area contributed by atoms with Crippen LogP contribution >= 0.6 is 15.9 Å². The fraction of sp³-hybridized carbons (Fsp3) is 0. The minimum absolute atomic E-state index is 0.709. The molecule has 1 aromatic rings. The molecule has 1 rings (SSSR count). The zero-order valence-electron chi connectivity index (χ0n) is 5.41. The number of halogens is 4. The van der Waals surface area contributed by atoms with Crippen LogP contribution in [0.25, 0.3) is 0 Å². The molecule has 0 saturated carbocycles. The fourth-order valence-corrected chi connectivity index (χ4v) is 0.970.